The standard InChI is InChI=1S/C16H18N4S/c1-4-11-9-12-14(18-16(17)19-15(12)21-11)20(3)13-8-6-5-7-10(13)2/h5-9H,4H2,1-3H3,(H2,17,18,19). The van der Waals surface area contributed by atoms with Gasteiger partial charge < -0.3 is 10.6 Å². The average Bonchev–Trinajstić information content (AvgIpc) is 2.89. The molecule has 5 heteroatoms. The van der Waals surface area contributed by atoms with Crippen LogP contribution in [0.4, 0.5) is 17.5 Å². The van der Waals surface area contributed by atoms with Crippen LogP contribution in [0.25, 0.3) is 10.2 Å². The molecule has 1 aromatic carbocycles. The van der Waals surface area contributed by atoms with Gasteiger partial charge in [-0.05, 0) is 31.0 Å². The Labute approximate surface area is 128 Å². The van der Waals surface area contributed by atoms with Gasteiger partial charge in [0.15, 0.2) is 0 Å². The van der Waals surface area contributed by atoms with Crippen LogP contribution < -0.4 is 10.6 Å². The summed E-state index contributed by atoms with van der Waals surface area (Å²) < 4.78 is 0. The minimum absolute atomic E-state index is 0.322. The highest BCUT2D eigenvalue weighted by Crippen LogP contribution is 2.35. The van der Waals surface area contributed by atoms with Crippen LogP contribution in [0, 0.1) is 6.92 Å². The van der Waals surface area contributed by atoms with Gasteiger partial charge in [0.1, 0.15) is 10.6 Å². The van der Waals surface area contributed by atoms with E-state index in [4.69, 9.17) is 5.73 Å². The van der Waals surface area contributed by atoms with E-state index in [9.17, 15) is 0 Å². The molecule has 0 saturated carbocycles. The Morgan fingerprint density at radius 3 is 2.71 bits per heavy atom. The number of fused-ring (bicyclic) bond motifs is 1. The Hall–Kier alpha value is -2.14. The first-order chi connectivity index (χ1) is 10.1. The molecule has 0 radical (unpaired) electrons. The summed E-state index contributed by atoms with van der Waals surface area (Å²) >= 11 is 1.68. The fraction of sp³-hybridized carbons (Fsp3) is 0.250. The van der Waals surface area contributed by atoms with E-state index in [0.717, 1.165) is 28.1 Å². The number of aromatic nitrogens is 2. The Kier molecular flexibility index (Phi) is 3.51. The number of aryl methyl sites for hydroxylation is 2. The number of nitrogens with zero attached hydrogens (tertiary/aromatic N) is 3. The SMILES string of the molecule is CCc1cc2c(N(C)c3ccccc3C)nc(N)nc2s1. The van der Waals surface area contributed by atoms with E-state index in [-0.39, 0.29) is 0 Å². The summed E-state index contributed by atoms with van der Waals surface area (Å²) in [6.45, 7) is 4.24. The lowest BCUT2D eigenvalue weighted by Crippen LogP contribution is -2.14. The number of hydrogen-bond acceptors (Lipinski definition) is 5. The van der Waals surface area contributed by atoms with E-state index in [1.54, 1.807) is 11.3 Å². The maximum atomic E-state index is 5.89. The molecule has 4 nitrogen and oxygen atoms in total. The first-order valence-corrected chi connectivity index (χ1v) is 7.77. The van der Waals surface area contributed by atoms with Gasteiger partial charge in [-0.1, -0.05) is 25.1 Å². The second kappa shape index (κ2) is 5.33. The number of thiophene rings is 1. The van der Waals surface area contributed by atoms with Gasteiger partial charge in [-0.2, -0.15) is 4.98 Å². The van der Waals surface area contributed by atoms with Crippen molar-refractivity contribution in [2.45, 2.75) is 20.3 Å². The first kappa shape index (κ1) is 13.8. The molecule has 0 saturated heterocycles. The van der Waals surface area contributed by atoms with Gasteiger partial charge in [-0.15, -0.1) is 11.3 Å². The van der Waals surface area contributed by atoms with Gasteiger partial charge in [0.2, 0.25) is 5.95 Å². The van der Waals surface area contributed by atoms with Crippen molar-refractivity contribution >= 4 is 39.0 Å². The molecule has 0 spiro atoms. The lowest BCUT2D eigenvalue weighted by atomic mass is 10.2. The van der Waals surface area contributed by atoms with Crippen LogP contribution in [0.15, 0.2) is 30.3 Å². The van der Waals surface area contributed by atoms with Gasteiger partial charge >= 0.3 is 0 Å². The van der Waals surface area contributed by atoms with Crippen molar-refractivity contribution in [3.05, 3.63) is 40.8 Å². The topological polar surface area (TPSA) is 55.0 Å². The second-order valence-electron chi connectivity index (χ2n) is 5.04. The number of nitrogens with two attached hydrogens (primary N) is 1. The summed E-state index contributed by atoms with van der Waals surface area (Å²) in [5.41, 5.74) is 8.22. The van der Waals surface area contributed by atoms with E-state index in [1.807, 2.05) is 19.2 Å². The molecule has 2 N–H and O–H groups in total. The summed E-state index contributed by atoms with van der Waals surface area (Å²) in [5, 5.41) is 1.07. The van der Waals surface area contributed by atoms with E-state index in [0.29, 0.717) is 5.95 Å². The van der Waals surface area contributed by atoms with Gasteiger partial charge in [-0.3, -0.25) is 0 Å². The van der Waals surface area contributed by atoms with Crippen LogP contribution in [0.2, 0.25) is 0 Å². The Morgan fingerprint density at radius 1 is 1.24 bits per heavy atom. The molecule has 3 rings (SSSR count). The average molecular weight is 298 g/mol. The predicted octanol–water partition coefficient (Wildman–Crippen LogP) is 3.91. The van der Waals surface area contributed by atoms with Gasteiger partial charge in [0.25, 0.3) is 0 Å². The van der Waals surface area contributed by atoms with E-state index in [2.05, 4.69) is 46.9 Å². The van der Waals surface area contributed by atoms with Gasteiger partial charge in [0.05, 0.1) is 5.39 Å². The summed E-state index contributed by atoms with van der Waals surface area (Å²) in [7, 11) is 2.02. The lowest BCUT2D eigenvalue weighted by molar-refractivity contribution is 1.11. The maximum Gasteiger partial charge on any atom is 0.223 e. The molecule has 0 unspecified atom stereocenters. The first-order valence-electron chi connectivity index (χ1n) is 6.95. The van der Waals surface area contributed by atoms with E-state index in [1.165, 1.54) is 10.4 Å². The summed E-state index contributed by atoms with van der Waals surface area (Å²) in [5.74, 6) is 1.19. The summed E-state index contributed by atoms with van der Waals surface area (Å²) in [6.07, 6.45) is 0.994. The van der Waals surface area contributed by atoms with Crippen LogP contribution in [0.3, 0.4) is 0 Å². The van der Waals surface area contributed by atoms with E-state index >= 15 is 0 Å². The fourth-order valence-corrected chi connectivity index (χ4v) is 3.42. The highest BCUT2D eigenvalue weighted by Gasteiger charge is 2.15. The number of para-hydroxylation sites is 1. The van der Waals surface area contributed by atoms with Gasteiger partial charge in [-0.25, -0.2) is 4.98 Å². The number of hydrogen-bond donors (Lipinski definition) is 1. The van der Waals surface area contributed by atoms with Crippen LogP contribution in [0.5, 0.6) is 0 Å². The molecule has 21 heavy (non-hydrogen) atoms. The predicted molar refractivity (Wildman–Crippen MR) is 90.4 cm³/mol. The molecule has 0 amide bonds. The van der Waals surface area contributed by atoms with Crippen molar-refractivity contribution in [1.29, 1.82) is 0 Å². The zero-order chi connectivity index (χ0) is 15.0. The van der Waals surface area contributed by atoms with Crippen LogP contribution in [-0.2, 0) is 6.42 Å². The minimum Gasteiger partial charge on any atom is -0.368 e. The van der Waals surface area contributed by atoms with Gasteiger partial charge in [0, 0.05) is 17.6 Å². The van der Waals surface area contributed by atoms with Crippen molar-refractivity contribution in [3.8, 4) is 0 Å². The Bertz CT molecular complexity index is 794. The molecule has 0 aliphatic carbocycles. The van der Waals surface area contributed by atoms with Crippen LogP contribution in [0.1, 0.15) is 17.4 Å². The quantitative estimate of drug-likeness (QED) is 0.796. The Balaban J connectivity index is 2.19. The zero-order valence-electron chi connectivity index (χ0n) is 12.4. The number of benzene rings is 1. The lowest BCUT2D eigenvalue weighted by Gasteiger charge is -2.21. The molecule has 2 aromatic heterocycles. The van der Waals surface area contributed by atoms with Crippen molar-refractivity contribution in [1.82, 2.24) is 9.97 Å². The zero-order valence-corrected chi connectivity index (χ0v) is 13.2. The molecular weight excluding hydrogens is 280 g/mol. The van der Waals surface area contributed by atoms with Crippen LogP contribution in [-0.4, -0.2) is 17.0 Å². The molecule has 108 valence electrons. The highest BCUT2D eigenvalue weighted by molar-refractivity contribution is 7.18. The van der Waals surface area contributed by atoms with Crippen molar-refractivity contribution in [2.24, 2.45) is 0 Å². The largest absolute Gasteiger partial charge is 0.368 e. The van der Waals surface area contributed by atoms with Crippen molar-refractivity contribution < 1.29 is 0 Å². The molecule has 0 bridgehead atoms. The number of nitrogen functional groups attached to an aromatic ring is 1. The molecule has 0 atom stereocenters. The molecular formula is C16H18N4S. The number of rotatable bonds is 3. The van der Waals surface area contributed by atoms with Crippen molar-refractivity contribution in [2.75, 3.05) is 17.7 Å². The summed E-state index contributed by atoms with van der Waals surface area (Å²) in [4.78, 5) is 13.2. The van der Waals surface area contributed by atoms with Crippen LogP contribution >= 0.6 is 11.3 Å². The minimum atomic E-state index is 0.322. The third-order valence-corrected chi connectivity index (χ3v) is 4.76. The highest BCUT2D eigenvalue weighted by atomic mass is 32.1. The normalized spacial score (nSPS) is 11.0. The van der Waals surface area contributed by atoms with Crippen molar-refractivity contribution in [3.63, 3.8) is 0 Å². The fourth-order valence-electron chi connectivity index (χ4n) is 2.46. The monoisotopic (exact) mass is 298 g/mol. The van der Waals surface area contributed by atoms with E-state index < -0.39 is 0 Å². The molecule has 0 aliphatic rings. The summed E-state index contributed by atoms with van der Waals surface area (Å²) in [6, 6.07) is 10.4. The third kappa shape index (κ3) is 2.45. The molecule has 2 heterocycles. The smallest absolute Gasteiger partial charge is 0.223 e. The molecule has 0 fully saturated rings. The maximum absolute atomic E-state index is 5.89. The number of anilines is 3. The second-order valence-corrected chi connectivity index (χ2v) is 6.15. The Morgan fingerprint density at radius 2 is 2.00 bits per heavy atom. The molecule has 0 aliphatic heterocycles. The molecule has 3 aromatic rings. The third-order valence-electron chi connectivity index (χ3n) is 3.58.